The fourth-order valence-electron chi connectivity index (χ4n) is 3.18. The zero-order valence-electron chi connectivity index (χ0n) is 10.4. The predicted octanol–water partition coefficient (Wildman–Crippen LogP) is 2.91. The van der Waals surface area contributed by atoms with Crippen LogP contribution in [0.25, 0.3) is 0 Å². The molecule has 0 bridgehead atoms. The minimum Gasteiger partial charge on any atom is -0.290 e. The third kappa shape index (κ3) is 2.49. The van der Waals surface area contributed by atoms with Gasteiger partial charge >= 0.3 is 0 Å². The number of nitrogens with zero attached hydrogens (tertiary/aromatic N) is 3. The van der Waals surface area contributed by atoms with Crippen molar-refractivity contribution in [2.75, 3.05) is 0 Å². The molecular formula is C14H21N3. The second kappa shape index (κ2) is 5.13. The van der Waals surface area contributed by atoms with E-state index in [0.29, 0.717) is 0 Å². The Morgan fingerprint density at radius 3 is 2.53 bits per heavy atom. The summed E-state index contributed by atoms with van der Waals surface area (Å²) in [4.78, 5) is 11.1. The van der Waals surface area contributed by atoms with Gasteiger partial charge in [0.15, 0.2) is 0 Å². The molecule has 1 fully saturated rings. The molecule has 0 N–H and O–H groups in total. The molecule has 92 valence electrons. The van der Waals surface area contributed by atoms with Crippen LogP contribution in [-0.2, 0) is 13.1 Å². The molecule has 1 aliphatic heterocycles. The van der Waals surface area contributed by atoms with Crippen LogP contribution in [0.1, 0.15) is 56.2 Å². The van der Waals surface area contributed by atoms with Gasteiger partial charge in [0.1, 0.15) is 6.33 Å². The Morgan fingerprint density at radius 2 is 1.76 bits per heavy atom. The van der Waals surface area contributed by atoms with E-state index in [0.717, 1.165) is 19.1 Å². The zero-order valence-corrected chi connectivity index (χ0v) is 10.4. The van der Waals surface area contributed by atoms with Crippen molar-refractivity contribution < 1.29 is 0 Å². The van der Waals surface area contributed by atoms with Gasteiger partial charge in [-0.2, -0.15) is 0 Å². The quantitative estimate of drug-likeness (QED) is 0.744. The largest absolute Gasteiger partial charge is 0.290 e. The summed E-state index contributed by atoms with van der Waals surface area (Å²) in [7, 11) is 0. The molecule has 3 nitrogen and oxygen atoms in total. The van der Waals surface area contributed by atoms with E-state index in [2.05, 4.69) is 14.9 Å². The van der Waals surface area contributed by atoms with Crippen LogP contribution < -0.4 is 0 Å². The van der Waals surface area contributed by atoms with Crippen molar-refractivity contribution in [2.24, 2.45) is 0 Å². The third-order valence-electron chi connectivity index (χ3n) is 4.20. The standard InChI is InChI=1S/C14H21N3/c1-2-4-6-13(7-5-3-1)17-9-12-8-15-11-16-14(12)10-17/h8,11,13H,1-7,9-10H2. The summed E-state index contributed by atoms with van der Waals surface area (Å²) in [5.74, 6) is 0. The van der Waals surface area contributed by atoms with E-state index in [9.17, 15) is 0 Å². The summed E-state index contributed by atoms with van der Waals surface area (Å²) in [6.45, 7) is 2.11. The first kappa shape index (κ1) is 11.1. The highest BCUT2D eigenvalue weighted by molar-refractivity contribution is 5.20. The van der Waals surface area contributed by atoms with E-state index in [1.807, 2.05) is 6.20 Å². The van der Waals surface area contributed by atoms with Crippen molar-refractivity contribution in [1.29, 1.82) is 0 Å². The lowest BCUT2D eigenvalue weighted by Gasteiger charge is -2.28. The van der Waals surface area contributed by atoms with Crippen LogP contribution in [0.4, 0.5) is 0 Å². The average Bonchev–Trinajstić information content (AvgIpc) is 2.71. The molecule has 0 amide bonds. The maximum atomic E-state index is 4.39. The molecule has 0 aromatic carbocycles. The van der Waals surface area contributed by atoms with Gasteiger partial charge in [-0.1, -0.05) is 32.1 Å². The van der Waals surface area contributed by atoms with Gasteiger partial charge in [-0.15, -0.1) is 0 Å². The summed E-state index contributed by atoms with van der Waals surface area (Å²) in [5, 5.41) is 0. The van der Waals surface area contributed by atoms with E-state index < -0.39 is 0 Å². The molecule has 1 aromatic rings. The lowest BCUT2D eigenvalue weighted by molar-refractivity contribution is 0.165. The van der Waals surface area contributed by atoms with Crippen molar-refractivity contribution >= 4 is 0 Å². The van der Waals surface area contributed by atoms with Crippen LogP contribution in [0, 0.1) is 0 Å². The first-order valence-electron chi connectivity index (χ1n) is 6.95. The highest BCUT2D eigenvalue weighted by atomic mass is 15.2. The Morgan fingerprint density at radius 1 is 1.00 bits per heavy atom. The van der Waals surface area contributed by atoms with Crippen LogP contribution in [0.3, 0.4) is 0 Å². The van der Waals surface area contributed by atoms with Gasteiger partial charge in [0.2, 0.25) is 0 Å². The summed E-state index contributed by atoms with van der Waals surface area (Å²) < 4.78 is 0. The van der Waals surface area contributed by atoms with Gasteiger partial charge in [-0.25, -0.2) is 9.97 Å². The molecular weight excluding hydrogens is 210 g/mol. The van der Waals surface area contributed by atoms with Gasteiger partial charge in [-0.3, -0.25) is 4.90 Å². The van der Waals surface area contributed by atoms with Gasteiger partial charge < -0.3 is 0 Å². The number of hydrogen-bond donors (Lipinski definition) is 0. The fraction of sp³-hybridized carbons (Fsp3) is 0.714. The molecule has 1 saturated carbocycles. The Labute approximate surface area is 103 Å². The Balaban J connectivity index is 1.66. The molecule has 3 heteroatoms. The fourth-order valence-corrected chi connectivity index (χ4v) is 3.18. The molecule has 1 aliphatic carbocycles. The molecule has 2 heterocycles. The number of hydrogen-bond acceptors (Lipinski definition) is 3. The molecule has 2 aliphatic rings. The number of aromatic nitrogens is 2. The number of fused-ring (bicyclic) bond motifs is 1. The van der Waals surface area contributed by atoms with Crippen LogP contribution in [0.5, 0.6) is 0 Å². The summed E-state index contributed by atoms with van der Waals surface area (Å²) >= 11 is 0. The minimum absolute atomic E-state index is 0.782. The van der Waals surface area contributed by atoms with Crippen molar-refractivity contribution in [2.45, 2.75) is 64.1 Å². The molecule has 3 rings (SSSR count). The highest BCUT2D eigenvalue weighted by Gasteiger charge is 2.26. The lowest BCUT2D eigenvalue weighted by Crippen LogP contribution is -2.31. The van der Waals surface area contributed by atoms with E-state index in [-0.39, 0.29) is 0 Å². The van der Waals surface area contributed by atoms with Crippen LogP contribution >= 0.6 is 0 Å². The predicted molar refractivity (Wildman–Crippen MR) is 67.4 cm³/mol. The lowest BCUT2D eigenvalue weighted by atomic mass is 9.96. The van der Waals surface area contributed by atoms with Crippen LogP contribution in [-0.4, -0.2) is 20.9 Å². The highest BCUT2D eigenvalue weighted by Crippen LogP contribution is 2.28. The second-order valence-electron chi connectivity index (χ2n) is 5.40. The normalized spacial score (nSPS) is 23.1. The van der Waals surface area contributed by atoms with Crippen molar-refractivity contribution in [3.63, 3.8) is 0 Å². The monoisotopic (exact) mass is 231 g/mol. The number of rotatable bonds is 1. The maximum Gasteiger partial charge on any atom is 0.115 e. The second-order valence-corrected chi connectivity index (χ2v) is 5.40. The molecule has 17 heavy (non-hydrogen) atoms. The van der Waals surface area contributed by atoms with Gasteiger partial charge in [0.05, 0.1) is 5.69 Å². The topological polar surface area (TPSA) is 29.0 Å². The first-order chi connectivity index (χ1) is 8.43. The molecule has 1 aromatic heterocycles. The molecule has 0 atom stereocenters. The smallest absolute Gasteiger partial charge is 0.115 e. The minimum atomic E-state index is 0.782. The van der Waals surface area contributed by atoms with Gasteiger partial charge in [0.25, 0.3) is 0 Å². The third-order valence-corrected chi connectivity index (χ3v) is 4.20. The van der Waals surface area contributed by atoms with Crippen molar-refractivity contribution in [1.82, 2.24) is 14.9 Å². The van der Waals surface area contributed by atoms with Crippen molar-refractivity contribution in [3.05, 3.63) is 23.8 Å². The maximum absolute atomic E-state index is 4.39. The van der Waals surface area contributed by atoms with E-state index in [1.54, 1.807) is 6.33 Å². The van der Waals surface area contributed by atoms with Gasteiger partial charge in [-0.05, 0) is 12.8 Å². The van der Waals surface area contributed by atoms with E-state index >= 15 is 0 Å². The summed E-state index contributed by atoms with van der Waals surface area (Å²) in [6, 6.07) is 0.782. The van der Waals surface area contributed by atoms with Crippen LogP contribution in [0.15, 0.2) is 12.5 Å². The molecule has 0 unspecified atom stereocenters. The average molecular weight is 231 g/mol. The van der Waals surface area contributed by atoms with Crippen LogP contribution in [0.2, 0.25) is 0 Å². The molecule has 0 radical (unpaired) electrons. The summed E-state index contributed by atoms with van der Waals surface area (Å²) in [5.41, 5.74) is 2.59. The van der Waals surface area contributed by atoms with Crippen molar-refractivity contribution in [3.8, 4) is 0 Å². The SMILES string of the molecule is c1ncc2c(n1)CN(C1CCCCCCC1)C2. The molecule has 0 saturated heterocycles. The first-order valence-corrected chi connectivity index (χ1v) is 6.95. The summed E-state index contributed by atoms with van der Waals surface area (Å²) in [6.07, 6.45) is 13.5. The van der Waals surface area contributed by atoms with E-state index in [4.69, 9.17) is 0 Å². The molecule has 0 spiro atoms. The van der Waals surface area contributed by atoms with Gasteiger partial charge in [0, 0.05) is 30.9 Å². The van der Waals surface area contributed by atoms with E-state index in [1.165, 1.54) is 56.2 Å². The Hall–Kier alpha value is -0.960. The zero-order chi connectivity index (χ0) is 11.5. The Kier molecular flexibility index (Phi) is 3.36. The Bertz CT molecular complexity index is 344.